The van der Waals surface area contributed by atoms with Gasteiger partial charge in [0.25, 0.3) is 0 Å². The van der Waals surface area contributed by atoms with Gasteiger partial charge in [-0.3, -0.25) is 0 Å². The molecule has 0 spiro atoms. The van der Waals surface area contributed by atoms with Gasteiger partial charge in [-0.2, -0.15) is 0 Å². The first-order valence-electron chi connectivity index (χ1n) is 14.4. The zero-order valence-corrected chi connectivity index (χ0v) is 25.0. The van der Waals surface area contributed by atoms with E-state index in [2.05, 4.69) is 54.6 Å². The SMILES string of the molecule is c1ccc(-c2nc(-c3ccccc3)nc(-c3ccc4ccc5nc(-c6ccc7c(c6)oc6ccccc67)[se]c5c4c3)n2)cc1. The van der Waals surface area contributed by atoms with Gasteiger partial charge < -0.3 is 0 Å². The quantitative estimate of drug-likeness (QED) is 0.182. The summed E-state index contributed by atoms with van der Waals surface area (Å²) in [5.74, 6) is 1.96. The van der Waals surface area contributed by atoms with Crippen LogP contribution in [0.4, 0.5) is 0 Å². The Bertz CT molecular complexity index is 2440. The van der Waals surface area contributed by atoms with Crippen molar-refractivity contribution in [2.45, 2.75) is 0 Å². The van der Waals surface area contributed by atoms with Gasteiger partial charge in [0.2, 0.25) is 0 Å². The van der Waals surface area contributed by atoms with Crippen LogP contribution in [0.15, 0.2) is 138 Å². The molecule has 44 heavy (non-hydrogen) atoms. The molecule has 6 aromatic carbocycles. The first kappa shape index (κ1) is 25.1. The monoisotopic (exact) mass is 630 g/mol. The predicted octanol–water partition coefficient (Wildman–Crippen LogP) is 9.20. The Balaban J connectivity index is 1.19. The van der Waals surface area contributed by atoms with E-state index in [1.807, 2.05) is 78.9 Å². The maximum atomic E-state index is 6.18. The third kappa shape index (κ3) is 4.23. The van der Waals surface area contributed by atoms with Crippen molar-refractivity contribution in [2.24, 2.45) is 0 Å². The van der Waals surface area contributed by atoms with Gasteiger partial charge in [-0.05, 0) is 0 Å². The molecule has 206 valence electrons. The Morgan fingerprint density at radius 1 is 0.432 bits per heavy atom. The van der Waals surface area contributed by atoms with Crippen molar-refractivity contribution in [1.82, 2.24) is 19.9 Å². The number of hydrogen-bond donors (Lipinski definition) is 0. The van der Waals surface area contributed by atoms with Gasteiger partial charge in [0.15, 0.2) is 0 Å². The van der Waals surface area contributed by atoms with Crippen molar-refractivity contribution in [2.75, 3.05) is 0 Å². The maximum absolute atomic E-state index is 6.18. The number of rotatable bonds is 4. The summed E-state index contributed by atoms with van der Waals surface area (Å²) in [4.78, 5) is 19.9. The molecular weight excluding hydrogens is 607 g/mol. The summed E-state index contributed by atoms with van der Waals surface area (Å²) in [6, 6.07) is 45.6. The van der Waals surface area contributed by atoms with Crippen molar-refractivity contribution < 1.29 is 4.42 Å². The van der Waals surface area contributed by atoms with Gasteiger partial charge in [0.05, 0.1) is 0 Å². The van der Waals surface area contributed by atoms with Crippen molar-refractivity contribution in [3.05, 3.63) is 133 Å². The van der Waals surface area contributed by atoms with E-state index in [-0.39, 0.29) is 14.5 Å². The molecular formula is C38H22N4OSe. The van der Waals surface area contributed by atoms with Crippen molar-refractivity contribution in [3.63, 3.8) is 0 Å². The van der Waals surface area contributed by atoms with Crippen molar-refractivity contribution in [1.29, 1.82) is 0 Å². The topological polar surface area (TPSA) is 64.7 Å². The standard InChI is InChI=1S/C38H22N4OSe/c1-3-9-24(10-4-1)35-40-36(25-11-5-2-6-12-25)42-37(41-35)26-16-15-23-18-20-31-34(30(23)21-26)44-38(39-31)27-17-19-29-28-13-7-8-14-32(28)43-33(29)22-27/h1-22H. The molecule has 9 aromatic rings. The molecule has 3 aromatic heterocycles. The van der Waals surface area contributed by atoms with Gasteiger partial charge >= 0.3 is 259 Å². The molecule has 9 rings (SSSR count). The van der Waals surface area contributed by atoms with E-state index in [1.54, 1.807) is 0 Å². The fraction of sp³-hybridized carbons (Fsp3) is 0. The number of nitrogens with zero attached hydrogens (tertiary/aromatic N) is 4. The molecule has 0 bridgehead atoms. The Kier molecular flexibility index (Phi) is 5.76. The number of aromatic nitrogens is 4. The van der Waals surface area contributed by atoms with Crippen LogP contribution >= 0.6 is 0 Å². The molecule has 0 saturated heterocycles. The van der Waals surface area contributed by atoms with E-state index >= 15 is 0 Å². The molecule has 0 saturated carbocycles. The van der Waals surface area contributed by atoms with E-state index in [9.17, 15) is 0 Å². The van der Waals surface area contributed by atoms with Crippen LogP contribution in [0.1, 0.15) is 0 Å². The average molecular weight is 630 g/mol. The van der Waals surface area contributed by atoms with E-state index in [0.29, 0.717) is 17.5 Å². The molecule has 0 N–H and O–H groups in total. The predicted molar refractivity (Wildman–Crippen MR) is 179 cm³/mol. The van der Waals surface area contributed by atoms with Gasteiger partial charge in [0, 0.05) is 0 Å². The third-order valence-corrected chi connectivity index (χ3v) is 10.4. The number of furan rings is 1. The summed E-state index contributed by atoms with van der Waals surface area (Å²) < 4.78 is 8.56. The Morgan fingerprint density at radius 2 is 1.05 bits per heavy atom. The average Bonchev–Trinajstić information content (AvgIpc) is 3.70. The van der Waals surface area contributed by atoms with Gasteiger partial charge in [0.1, 0.15) is 0 Å². The van der Waals surface area contributed by atoms with Crippen LogP contribution in [0, 0.1) is 0 Å². The zero-order chi connectivity index (χ0) is 29.0. The molecule has 6 heteroatoms. The molecule has 0 aliphatic heterocycles. The van der Waals surface area contributed by atoms with Gasteiger partial charge in [-0.1, -0.05) is 0 Å². The van der Waals surface area contributed by atoms with E-state index < -0.39 is 0 Å². The Morgan fingerprint density at radius 3 is 1.80 bits per heavy atom. The first-order chi connectivity index (χ1) is 21.8. The van der Waals surface area contributed by atoms with Crippen LogP contribution < -0.4 is 0 Å². The molecule has 0 radical (unpaired) electrons. The molecule has 0 atom stereocenters. The normalized spacial score (nSPS) is 11.6. The minimum atomic E-state index is 0.0245. The van der Waals surface area contributed by atoms with Crippen LogP contribution in [0.3, 0.4) is 0 Å². The molecule has 0 aliphatic carbocycles. The molecule has 0 aliphatic rings. The van der Waals surface area contributed by atoms with E-state index in [0.717, 1.165) is 54.3 Å². The second-order valence-corrected chi connectivity index (χ2v) is 12.8. The summed E-state index contributed by atoms with van der Waals surface area (Å²) in [6.45, 7) is 0. The van der Waals surface area contributed by atoms with Crippen molar-refractivity contribution >= 4 is 57.0 Å². The molecule has 3 heterocycles. The Labute approximate surface area is 258 Å². The summed E-state index contributed by atoms with van der Waals surface area (Å²) >= 11 is 0.0245. The fourth-order valence-electron chi connectivity index (χ4n) is 5.76. The van der Waals surface area contributed by atoms with Crippen LogP contribution in [0.25, 0.3) is 86.8 Å². The second-order valence-electron chi connectivity index (χ2n) is 10.7. The van der Waals surface area contributed by atoms with Crippen LogP contribution in [0.5, 0.6) is 0 Å². The molecule has 0 unspecified atom stereocenters. The number of para-hydroxylation sites is 1. The molecule has 5 nitrogen and oxygen atoms in total. The summed E-state index contributed by atoms with van der Waals surface area (Å²) in [6.07, 6.45) is 0. The Hall–Kier alpha value is -5.42. The van der Waals surface area contributed by atoms with Gasteiger partial charge in [-0.25, -0.2) is 0 Å². The summed E-state index contributed by atoms with van der Waals surface area (Å²) in [5.41, 5.74) is 6.80. The summed E-state index contributed by atoms with van der Waals surface area (Å²) in [5, 5.41) is 4.63. The van der Waals surface area contributed by atoms with E-state index in [1.165, 1.54) is 15.0 Å². The third-order valence-electron chi connectivity index (χ3n) is 7.96. The fourth-order valence-corrected chi connectivity index (χ4v) is 8.04. The first-order valence-corrected chi connectivity index (χ1v) is 16.1. The minimum absolute atomic E-state index is 0.0245. The number of fused-ring (bicyclic) bond motifs is 6. The number of benzene rings is 6. The second kappa shape index (κ2) is 10.1. The van der Waals surface area contributed by atoms with Crippen LogP contribution in [-0.4, -0.2) is 34.4 Å². The zero-order valence-electron chi connectivity index (χ0n) is 23.3. The molecule has 0 fully saturated rings. The van der Waals surface area contributed by atoms with Crippen molar-refractivity contribution in [3.8, 4) is 44.3 Å². The van der Waals surface area contributed by atoms with Crippen LogP contribution in [-0.2, 0) is 0 Å². The van der Waals surface area contributed by atoms with Gasteiger partial charge in [-0.15, -0.1) is 0 Å². The molecule has 0 amide bonds. The summed E-state index contributed by atoms with van der Waals surface area (Å²) in [7, 11) is 0. The number of hydrogen-bond acceptors (Lipinski definition) is 5. The van der Waals surface area contributed by atoms with Crippen LogP contribution in [0.2, 0.25) is 0 Å². The van der Waals surface area contributed by atoms with E-state index in [4.69, 9.17) is 24.4 Å².